The van der Waals surface area contributed by atoms with Crippen LogP contribution in [0.1, 0.15) is 161 Å². The number of allylic oxidation sites excluding steroid dienone is 2. The largest absolute Gasteiger partial charge is 0.481 e. The van der Waals surface area contributed by atoms with Crippen molar-refractivity contribution in [1.82, 2.24) is 4.90 Å². The Morgan fingerprint density at radius 3 is 1.51 bits per heavy atom. The van der Waals surface area contributed by atoms with Crippen LogP contribution in [0.4, 0.5) is 0 Å². The SMILES string of the molecule is CCCCCCCCCC(CCCCCCC=CCCCCCCCCCC(=O)O)CCN(C)C. The van der Waals surface area contributed by atoms with E-state index < -0.39 is 5.97 Å². The molecule has 35 heavy (non-hydrogen) atoms. The van der Waals surface area contributed by atoms with Gasteiger partial charge in [-0.2, -0.15) is 0 Å². The van der Waals surface area contributed by atoms with E-state index in [0.717, 1.165) is 18.8 Å². The van der Waals surface area contributed by atoms with Crippen LogP contribution in [0.3, 0.4) is 0 Å². The third-order valence-corrected chi connectivity index (χ3v) is 7.36. The molecular weight excluding hydrogens is 430 g/mol. The molecule has 3 heteroatoms. The molecule has 1 N–H and O–H groups in total. The summed E-state index contributed by atoms with van der Waals surface area (Å²) in [5.41, 5.74) is 0. The number of aliphatic carboxylic acids is 1. The summed E-state index contributed by atoms with van der Waals surface area (Å²) in [6, 6.07) is 0. The van der Waals surface area contributed by atoms with Gasteiger partial charge in [0.25, 0.3) is 0 Å². The monoisotopic (exact) mass is 493 g/mol. The number of unbranched alkanes of at least 4 members (excludes halogenated alkanes) is 17. The summed E-state index contributed by atoms with van der Waals surface area (Å²) in [4.78, 5) is 12.8. The van der Waals surface area contributed by atoms with Gasteiger partial charge in [-0.05, 0) is 65.1 Å². The Labute approximate surface area is 220 Å². The molecule has 1 atom stereocenters. The van der Waals surface area contributed by atoms with Crippen LogP contribution >= 0.6 is 0 Å². The van der Waals surface area contributed by atoms with Crippen molar-refractivity contribution in [2.75, 3.05) is 20.6 Å². The van der Waals surface area contributed by atoms with Crippen molar-refractivity contribution in [3.05, 3.63) is 12.2 Å². The average molecular weight is 494 g/mol. The van der Waals surface area contributed by atoms with Crippen LogP contribution in [0, 0.1) is 5.92 Å². The highest BCUT2D eigenvalue weighted by atomic mass is 16.4. The molecule has 208 valence electrons. The molecule has 0 aromatic rings. The molecule has 0 aliphatic heterocycles. The zero-order chi connectivity index (χ0) is 25.8. The molecule has 0 bridgehead atoms. The average Bonchev–Trinajstić information content (AvgIpc) is 2.82. The van der Waals surface area contributed by atoms with Gasteiger partial charge < -0.3 is 10.0 Å². The van der Waals surface area contributed by atoms with E-state index in [4.69, 9.17) is 5.11 Å². The minimum absolute atomic E-state index is 0.335. The first-order valence-electron chi connectivity index (χ1n) is 15.6. The van der Waals surface area contributed by atoms with E-state index in [1.807, 2.05) is 0 Å². The van der Waals surface area contributed by atoms with Gasteiger partial charge in [0.15, 0.2) is 0 Å². The summed E-state index contributed by atoms with van der Waals surface area (Å²) in [6.07, 6.45) is 35.8. The van der Waals surface area contributed by atoms with E-state index in [2.05, 4.69) is 38.1 Å². The van der Waals surface area contributed by atoms with Crippen LogP contribution in [0.5, 0.6) is 0 Å². The minimum atomic E-state index is -0.657. The van der Waals surface area contributed by atoms with Crippen LogP contribution in [0.15, 0.2) is 12.2 Å². The number of carboxylic acids is 1. The molecule has 0 aliphatic carbocycles. The summed E-state index contributed by atoms with van der Waals surface area (Å²) in [5.74, 6) is 0.285. The molecule has 3 nitrogen and oxygen atoms in total. The Bertz CT molecular complexity index is 460. The van der Waals surface area contributed by atoms with Gasteiger partial charge in [0.2, 0.25) is 0 Å². The highest BCUT2D eigenvalue weighted by molar-refractivity contribution is 5.66. The van der Waals surface area contributed by atoms with E-state index in [9.17, 15) is 4.79 Å². The van der Waals surface area contributed by atoms with Crippen LogP contribution in [0.2, 0.25) is 0 Å². The summed E-state index contributed by atoms with van der Waals surface area (Å²) in [7, 11) is 4.43. The molecule has 0 aromatic carbocycles. The van der Waals surface area contributed by atoms with Gasteiger partial charge in [-0.1, -0.05) is 128 Å². The summed E-state index contributed by atoms with van der Waals surface area (Å²) in [6.45, 7) is 3.55. The van der Waals surface area contributed by atoms with Gasteiger partial charge in [-0.3, -0.25) is 4.79 Å². The first-order valence-corrected chi connectivity index (χ1v) is 15.6. The van der Waals surface area contributed by atoms with Gasteiger partial charge in [0, 0.05) is 6.42 Å². The minimum Gasteiger partial charge on any atom is -0.481 e. The molecule has 0 radical (unpaired) electrons. The lowest BCUT2D eigenvalue weighted by atomic mass is 9.91. The number of hydrogen-bond acceptors (Lipinski definition) is 2. The molecule has 0 fully saturated rings. The van der Waals surface area contributed by atoms with E-state index >= 15 is 0 Å². The second kappa shape index (κ2) is 27.8. The quantitative estimate of drug-likeness (QED) is 0.0870. The lowest BCUT2D eigenvalue weighted by Gasteiger charge is -2.19. The highest BCUT2D eigenvalue weighted by Gasteiger charge is 2.09. The van der Waals surface area contributed by atoms with Crippen molar-refractivity contribution >= 4 is 5.97 Å². The van der Waals surface area contributed by atoms with Gasteiger partial charge in [0.05, 0.1) is 0 Å². The molecule has 0 amide bonds. The fourth-order valence-corrected chi connectivity index (χ4v) is 4.97. The third-order valence-electron chi connectivity index (χ3n) is 7.36. The van der Waals surface area contributed by atoms with Crippen LogP contribution in [-0.2, 0) is 4.79 Å². The number of carbonyl (C=O) groups is 1. The van der Waals surface area contributed by atoms with Crippen molar-refractivity contribution in [3.8, 4) is 0 Å². The van der Waals surface area contributed by atoms with Crippen molar-refractivity contribution in [2.24, 2.45) is 5.92 Å². The molecule has 0 aromatic heterocycles. The van der Waals surface area contributed by atoms with Crippen LogP contribution < -0.4 is 0 Å². The maximum absolute atomic E-state index is 10.5. The zero-order valence-corrected chi connectivity index (χ0v) is 24.2. The van der Waals surface area contributed by atoms with Gasteiger partial charge in [0.1, 0.15) is 0 Å². The van der Waals surface area contributed by atoms with E-state index in [-0.39, 0.29) is 0 Å². The molecule has 0 heterocycles. The highest BCUT2D eigenvalue weighted by Crippen LogP contribution is 2.22. The van der Waals surface area contributed by atoms with Crippen LogP contribution in [0.25, 0.3) is 0 Å². The predicted octanol–water partition coefficient (Wildman–Crippen LogP) is 10.2. The number of nitrogens with zero attached hydrogens (tertiary/aromatic N) is 1. The predicted molar refractivity (Wildman–Crippen MR) is 155 cm³/mol. The Hall–Kier alpha value is -0.830. The maximum Gasteiger partial charge on any atom is 0.303 e. The molecule has 0 saturated carbocycles. The Morgan fingerprint density at radius 2 is 1.06 bits per heavy atom. The molecular formula is C32H63NO2. The maximum atomic E-state index is 10.5. The van der Waals surface area contributed by atoms with Gasteiger partial charge in [-0.25, -0.2) is 0 Å². The van der Waals surface area contributed by atoms with E-state index in [1.165, 1.54) is 141 Å². The fraction of sp³-hybridized carbons (Fsp3) is 0.906. The zero-order valence-electron chi connectivity index (χ0n) is 24.2. The fourth-order valence-electron chi connectivity index (χ4n) is 4.97. The third kappa shape index (κ3) is 29.3. The molecule has 0 aliphatic rings. The Kier molecular flexibility index (Phi) is 27.1. The standard InChI is InChI=1S/C32H63NO2/c1-4-5-6-7-17-20-23-26-31(29-30-33(2)3)27-24-21-18-15-13-11-9-8-10-12-14-16-19-22-25-28-32(34)35/h9,11,31H,4-8,10,12-30H2,1-3H3,(H,34,35). The summed E-state index contributed by atoms with van der Waals surface area (Å²) < 4.78 is 0. The summed E-state index contributed by atoms with van der Waals surface area (Å²) >= 11 is 0. The topological polar surface area (TPSA) is 40.5 Å². The van der Waals surface area contributed by atoms with E-state index in [1.54, 1.807) is 0 Å². The first kappa shape index (κ1) is 34.2. The molecule has 0 rings (SSSR count). The second-order valence-corrected chi connectivity index (χ2v) is 11.2. The molecule has 0 spiro atoms. The first-order chi connectivity index (χ1) is 17.1. The van der Waals surface area contributed by atoms with Crippen molar-refractivity contribution < 1.29 is 9.90 Å². The van der Waals surface area contributed by atoms with E-state index in [0.29, 0.717) is 6.42 Å². The van der Waals surface area contributed by atoms with Crippen molar-refractivity contribution in [3.63, 3.8) is 0 Å². The molecule has 1 unspecified atom stereocenters. The second-order valence-electron chi connectivity index (χ2n) is 11.2. The van der Waals surface area contributed by atoms with Crippen LogP contribution in [-0.4, -0.2) is 36.6 Å². The van der Waals surface area contributed by atoms with Crippen molar-refractivity contribution in [2.45, 2.75) is 161 Å². The Morgan fingerprint density at radius 1 is 0.629 bits per heavy atom. The number of carboxylic acid groups (broad SMARTS) is 1. The molecule has 0 saturated heterocycles. The van der Waals surface area contributed by atoms with Crippen molar-refractivity contribution in [1.29, 1.82) is 0 Å². The van der Waals surface area contributed by atoms with Gasteiger partial charge >= 0.3 is 5.97 Å². The normalized spacial score (nSPS) is 12.7. The lowest BCUT2D eigenvalue weighted by Crippen LogP contribution is -2.17. The number of rotatable bonds is 28. The Balaban J connectivity index is 3.58. The summed E-state index contributed by atoms with van der Waals surface area (Å²) in [5, 5.41) is 8.63. The lowest BCUT2D eigenvalue weighted by molar-refractivity contribution is -0.137. The number of hydrogen-bond donors (Lipinski definition) is 1. The smallest absolute Gasteiger partial charge is 0.303 e. The van der Waals surface area contributed by atoms with Gasteiger partial charge in [-0.15, -0.1) is 0 Å².